The Balaban J connectivity index is 1.39. The van der Waals surface area contributed by atoms with E-state index in [1.54, 1.807) is 0 Å². The van der Waals surface area contributed by atoms with E-state index < -0.39 is 18.5 Å². The van der Waals surface area contributed by atoms with Crippen LogP contribution in [0.15, 0.2) is 23.0 Å². The van der Waals surface area contributed by atoms with Crippen LogP contribution in [0.3, 0.4) is 0 Å². The van der Waals surface area contributed by atoms with Gasteiger partial charge < -0.3 is 15.4 Å². The van der Waals surface area contributed by atoms with E-state index in [-0.39, 0.29) is 17.7 Å². The minimum absolute atomic E-state index is 0.103. The van der Waals surface area contributed by atoms with Crippen molar-refractivity contribution in [2.24, 2.45) is 5.73 Å². The number of unbranched alkanes of at least 4 members (excludes halogenated alkanes) is 2. The zero-order valence-corrected chi connectivity index (χ0v) is 22.7. The van der Waals surface area contributed by atoms with Crippen molar-refractivity contribution in [3.63, 3.8) is 0 Å². The maximum atomic E-state index is 12.9. The number of nitrogens with two attached hydrogens (primary N) is 1. The van der Waals surface area contributed by atoms with Gasteiger partial charge in [-0.1, -0.05) is 12.1 Å². The normalized spacial score (nSPS) is 18.3. The predicted molar refractivity (Wildman–Crippen MR) is 130 cm³/mol. The van der Waals surface area contributed by atoms with Crippen molar-refractivity contribution in [2.45, 2.75) is 51.7 Å². The van der Waals surface area contributed by atoms with Crippen LogP contribution in [0.4, 0.5) is 0 Å². The molecule has 10 heteroatoms. The molecule has 184 valence electrons. The predicted octanol–water partition coefficient (Wildman–Crippen LogP) is 1.53. The number of carboxylic acid groups (broad SMARTS) is 1. The van der Waals surface area contributed by atoms with Crippen LogP contribution in [0.2, 0.25) is 0 Å². The second kappa shape index (κ2) is 10.7. The van der Waals surface area contributed by atoms with E-state index in [4.69, 9.17) is 15.1 Å². The van der Waals surface area contributed by atoms with Gasteiger partial charge in [-0.15, -0.1) is 0 Å². The zero-order valence-electron chi connectivity index (χ0n) is 19.7. The van der Waals surface area contributed by atoms with Crippen LogP contribution in [0, 0.1) is 6.08 Å². The first kappa shape index (κ1) is 25.8. The summed E-state index contributed by atoms with van der Waals surface area (Å²) in [7, 11) is -1.03. The Morgan fingerprint density at radius 1 is 1.40 bits per heavy atom. The van der Waals surface area contributed by atoms with E-state index in [1.807, 2.05) is 42.7 Å². The zero-order chi connectivity index (χ0) is 25.3. The molecule has 2 aliphatic heterocycles. The van der Waals surface area contributed by atoms with E-state index in [0.29, 0.717) is 48.5 Å². The van der Waals surface area contributed by atoms with E-state index in [1.165, 1.54) is 0 Å². The number of aromatic nitrogens is 1. The first-order valence-electron chi connectivity index (χ1n) is 11.7. The van der Waals surface area contributed by atoms with Crippen LogP contribution in [0.5, 0.6) is 5.75 Å². The third kappa shape index (κ3) is 4.87. The van der Waals surface area contributed by atoms with Crippen molar-refractivity contribution in [1.82, 2.24) is 4.57 Å². The number of ether oxygens (including phenoxy) is 1. The van der Waals surface area contributed by atoms with E-state index in [9.17, 15) is 19.7 Å². The molecule has 0 aliphatic carbocycles. The number of fused-ring (bicyclic) bond motifs is 2. The van der Waals surface area contributed by atoms with E-state index in [0.717, 1.165) is 47.4 Å². The second-order valence-corrected chi connectivity index (χ2v) is 11.0. The molecule has 0 saturated heterocycles. The number of rotatable bonds is 10. The summed E-state index contributed by atoms with van der Waals surface area (Å²) in [5.74, 6) is -0.554. The van der Waals surface area contributed by atoms with Gasteiger partial charge in [-0.3, -0.25) is 0 Å². The quantitative estimate of drug-likeness (QED) is 0.203. The number of allylic oxidation sites excluding steroid dienone is 1. The van der Waals surface area contributed by atoms with E-state index >= 15 is 0 Å². The van der Waals surface area contributed by atoms with Gasteiger partial charge in [-0.25, -0.2) is 0 Å². The number of carboxylic acids is 1. The SMILES string of the molecule is C[C](=[W])c1c(C=[C-]CCCCOc2cccc3c2B(O)OC3CN)n2c(c(C(=O)O)c1=O)CC2C. The molecule has 1 aromatic carbocycles. The Bertz CT molecular complexity index is 1260. The molecule has 0 radical (unpaired) electrons. The third-order valence-electron chi connectivity index (χ3n) is 6.46. The Labute approximate surface area is 215 Å². The topological polar surface area (TPSA) is 124 Å². The Morgan fingerprint density at radius 3 is 2.83 bits per heavy atom. The summed E-state index contributed by atoms with van der Waals surface area (Å²) in [6, 6.07) is 5.73. The third-order valence-corrected chi connectivity index (χ3v) is 7.19. The maximum absolute atomic E-state index is 12.9. The Hall–Kier alpha value is -2.32. The number of nitrogens with zero attached hydrogens (tertiary/aromatic N) is 1. The molecule has 0 amide bonds. The molecule has 4 rings (SSSR count). The van der Waals surface area contributed by atoms with Gasteiger partial charge in [0.1, 0.15) is 0 Å². The number of carbonyl (C=O) groups is 1. The molecule has 0 bridgehead atoms. The molecule has 35 heavy (non-hydrogen) atoms. The van der Waals surface area contributed by atoms with Crippen LogP contribution in [0.1, 0.15) is 78.1 Å². The molecule has 3 heterocycles. The van der Waals surface area contributed by atoms with Crippen molar-refractivity contribution in [2.75, 3.05) is 13.2 Å². The molecule has 2 unspecified atom stereocenters. The number of pyridine rings is 1. The molecular formula is C25H28BN2O6W-. The average Bonchev–Trinajstić information content (AvgIpc) is 3.13. The average molecular weight is 647 g/mol. The van der Waals surface area contributed by atoms with Crippen LogP contribution < -0.4 is 21.4 Å². The molecule has 2 aromatic rings. The van der Waals surface area contributed by atoms with Crippen molar-refractivity contribution in [3.05, 3.63) is 62.6 Å². The monoisotopic (exact) mass is 647 g/mol. The standard InChI is InChI=1S/C25H28BN2O6.W/c1-3-16-18(28-15(2)13-19(28)22(24(16)29)25(30)31)10-6-4-5-7-12-33-20-11-8-9-17-21(14-27)34-26(32)23(17)20;/h8-11,15,21,32H,4-5,7,12-14,27H2,1-2H3,(H,30,31);/q-1;. The number of benzene rings is 1. The number of hydrogen-bond donors (Lipinski definition) is 3. The van der Waals surface area contributed by atoms with Gasteiger partial charge in [-0.05, 0) is 5.56 Å². The fraction of sp³-hybridized carbons (Fsp3) is 0.400. The summed E-state index contributed by atoms with van der Waals surface area (Å²) in [6.07, 6.45) is 7.66. The summed E-state index contributed by atoms with van der Waals surface area (Å²) < 4.78 is 14.2. The van der Waals surface area contributed by atoms with Crippen molar-refractivity contribution < 1.29 is 43.7 Å². The number of aromatic carboxylic acids is 1. The Morgan fingerprint density at radius 2 is 2.17 bits per heavy atom. The molecule has 8 nitrogen and oxygen atoms in total. The summed E-state index contributed by atoms with van der Waals surface area (Å²) in [5.41, 5.74) is 8.56. The van der Waals surface area contributed by atoms with Crippen molar-refractivity contribution in [1.29, 1.82) is 0 Å². The molecule has 2 aliphatic rings. The van der Waals surface area contributed by atoms with Crippen LogP contribution >= 0.6 is 0 Å². The summed E-state index contributed by atoms with van der Waals surface area (Å²) in [6.45, 7) is 4.66. The van der Waals surface area contributed by atoms with Crippen molar-refractivity contribution in [3.8, 4) is 5.75 Å². The van der Waals surface area contributed by atoms with Gasteiger partial charge in [0.2, 0.25) is 0 Å². The van der Waals surface area contributed by atoms with Crippen molar-refractivity contribution >= 4 is 28.5 Å². The van der Waals surface area contributed by atoms with Gasteiger partial charge in [0, 0.05) is 6.54 Å². The number of hydrogen-bond acceptors (Lipinski definition) is 6. The van der Waals surface area contributed by atoms with Crippen LogP contribution in [-0.2, 0) is 30.4 Å². The molecule has 4 N–H and O–H groups in total. The minimum atomic E-state index is -1.16. The molecular weight excluding hydrogens is 619 g/mol. The fourth-order valence-electron chi connectivity index (χ4n) is 4.82. The molecule has 1 aromatic heterocycles. The molecule has 0 saturated carbocycles. The van der Waals surface area contributed by atoms with Gasteiger partial charge in [0.15, 0.2) is 0 Å². The first-order valence-corrected chi connectivity index (χ1v) is 13.1. The van der Waals surface area contributed by atoms with Crippen LogP contribution in [0.25, 0.3) is 6.08 Å². The Kier molecular flexibility index (Phi) is 7.91. The molecule has 0 fully saturated rings. The van der Waals surface area contributed by atoms with Gasteiger partial charge in [0.05, 0.1) is 6.10 Å². The fourth-order valence-corrected chi connectivity index (χ4v) is 5.52. The van der Waals surface area contributed by atoms with Gasteiger partial charge in [-0.2, -0.15) is 0 Å². The summed E-state index contributed by atoms with van der Waals surface area (Å²) in [5, 5.41) is 19.8. The van der Waals surface area contributed by atoms with E-state index in [2.05, 4.69) is 6.08 Å². The van der Waals surface area contributed by atoms with Gasteiger partial charge in [0.25, 0.3) is 0 Å². The first-order chi connectivity index (χ1) is 16.8. The summed E-state index contributed by atoms with van der Waals surface area (Å²) in [4.78, 5) is 24.7. The molecule has 2 atom stereocenters. The summed E-state index contributed by atoms with van der Waals surface area (Å²) >= 11 is 1.13. The molecule has 0 spiro atoms. The van der Waals surface area contributed by atoms with Gasteiger partial charge >= 0.3 is 170 Å². The van der Waals surface area contributed by atoms with Crippen LogP contribution in [-0.4, -0.2) is 44.8 Å². The second-order valence-electron chi connectivity index (χ2n) is 8.82.